The van der Waals surface area contributed by atoms with Gasteiger partial charge in [-0.3, -0.25) is 43.2 Å². The van der Waals surface area contributed by atoms with Crippen LogP contribution in [0.15, 0.2) is 12.3 Å². The van der Waals surface area contributed by atoms with Gasteiger partial charge < -0.3 is 66.3 Å². The van der Waals surface area contributed by atoms with E-state index in [1.54, 1.807) is 0 Å². The molecule has 3 aliphatic rings. The van der Waals surface area contributed by atoms with Gasteiger partial charge in [-0.2, -0.15) is 0 Å². The van der Waals surface area contributed by atoms with Crippen LogP contribution in [0.2, 0.25) is 0 Å². The fourth-order valence-corrected chi connectivity index (χ4v) is 6.16. The molecule has 2 fully saturated rings. The van der Waals surface area contributed by atoms with Crippen molar-refractivity contribution in [1.29, 1.82) is 0 Å². The van der Waals surface area contributed by atoms with Crippen LogP contribution in [0, 0.1) is 0 Å². The average molecular weight is 849 g/mol. The Morgan fingerprint density at radius 2 is 0.729 bits per heavy atom. The minimum atomic E-state index is -1.91. The molecule has 0 aromatic carbocycles. The zero-order valence-corrected chi connectivity index (χ0v) is 33.7. The maximum absolute atomic E-state index is 12.8. The average Bonchev–Trinajstić information content (AvgIpc) is 3.10. The molecule has 0 N–H and O–H groups in total. The minimum absolute atomic E-state index is 0.439. The van der Waals surface area contributed by atoms with Gasteiger partial charge in [0.15, 0.2) is 55.3 Å². The fraction of sp³-hybridized carbons (Fsp3) is 0.694. The summed E-state index contributed by atoms with van der Waals surface area (Å²) in [5.74, 6) is -7.85. The number of carbonyl (C=O) groups excluding carboxylic acids is 9. The standard InChI is InChI=1S/C36H48O23/c1-15(37)47-12-25-28(24(10-11-46-25)50-18(4)40)58-35-34(55-23(9)45)32(53-21(7)43)30(27(57-35)14-49-17(3)39)59-36-33(54-22(8)44)31(52-20(6)42)29(51-19(5)41)26(56-36)13-48-16(2)38/h10-11,24-36H,12-14H2,1-9H3/t24-,25?,26?,27?,28+,29+,30+,31+,32+,33?,34?,35+,36-/m1/s1. The van der Waals surface area contributed by atoms with E-state index in [4.69, 9.17) is 66.3 Å². The SMILES string of the molecule is CC(=O)OCC1OC=C[C@@H](OC(C)=O)[C@@H]1O[C@@H]1OC(COC(C)=O)[C@H](O[C@H]2OC(COC(C)=O)[C@H](OC(C)=O)[C@H](OC(C)=O)C2OC(C)=O)[C@H](OC(C)=O)C1OC(C)=O. The van der Waals surface area contributed by atoms with Gasteiger partial charge in [-0.25, -0.2) is 0 Å². The predicted molar refractivity (Wildman–Crippen MR) is 184 cm³/mol. The highest BCUT2D eigenvalue weighted by atomic mass is 16.8. The van der Waals surface area contributed by atoms with Crippen LogP contribution < -0.4 is 0 Å². The van der Waals surface area contributed by atoms with E-state index in [9.17, 15) is 43.2 Å². The Morgan fingerprint density at radius 1 is 0.390 bits per heavy atom. The van der Waals surface area contributed by atoms with Crippen LogP contribution in [0.3, 0.4) is 0 Å². The lowest BCUT2D eigenvalue weighted by molar-refractivity contribution is -0.368. The molecule has 2 saturated heterocycles. The molecule has 3 heterocycles. The van der Waals surface area contributed by atoms with Crippen molar-refractivity contribution < 1.29 is 109 Å². The van der Waals surface area contributed by atoms with Gasteiger partial charge in [0.2, 0.25) is 0 Å². The maximum Gasteiger partial charge on any atom is 0.303 e. The van der Waals surface area contributed by atoms with Gasteiger partial charge in [-0.05, 0) is 6.08 Å². The van der Waals surface area contributed by atoms with Crippen LogP contribution in [0.1, 0.15) is 62.3 Å². The number of hydrogen-bond acceptors (Lipinski definition) is 23. The number of esters is 9. The van der Waals surface area contributed by atoms with Crippen LogP contribution in [-0.4, -0.2) is 153 Å². The summed E-state index contributed by atoms with van der Waals surface area (Å²) < 4.78 is 79.1. The Morgan fingerprint density at radius 3 is 1.14 bits per heavy atom. The van der Waals surface area contributed by atoms with Crippen LogP contribution >= 0.6 is 0 Å². The van der Waals surface area contributed by atoms with Gasteiger partial charge in [0.1, 0.15) is 44.2 Å². The summed E-state index contributed by atoms with van der Waals surface area (Å²) in [6.07, 6.45) is -18.5. The molecule has 3 rings (SSSR count). The Hall–Kier alpha value is -5.39. The first-order valence-electron chi connectivity index (χ1n) is 18.0. The monoisotopic (exact) mass is 848 g/mol. The van der Waals surface area contributed by atoms with Crippen LogP contribution in [-0.2, 0) is 109 Å². The smallest absolute Gasteiger partial charge is 0.303 e. The number of ether oxygens (including phenoxy) is 14. The molecule has 0 radical (unpaired) electrons. The maximum atomic E-state index is 12.8. The summed E-state index contributed by atoms with van der Waals surface area (Å²) in [5, 5.41) is 0. The molecule has 5 unspecified atom stereocenters. The van der Waals surface area contributed by atoms with Crippen LogP contribution in [0.4, 0.5) is 0 Å². The molecule has 0 aromatic rings. The zero-order valence-electron chi connectivity index (χ0n) is 33.7. The topological polar surface area (TPSA) is 283 Å². The van der Waals surface area contributed by atoms with E-state index in [0.717, 1.165) is 62.3 Å². The summed E-state index contributed by atoms with van der Waals surface area (Å²) >= 11 is 0. The number of rotatable bonds is 16. The minimum Gasteiger partial charge on any atom is -0.492 e. The quantitative estimate of drug-likeness (QED) is 0.138. The second-order valence-corrected chi connectivity index (χ2v) is 13.1. The molecule has 23 nitrogen and oxygen atoms in total. The largest absolute Gasteiger partial charge is 0.492 e. The van der Waals surface area contributed by atoms with Crippen LogP contribution in [0.5, 0.6) is 0 Å². The van der Waals surface area contributed by atoms with E-state index in [2.05, 4.69) is 0 Å². The second kappa shape index (κ2) is 22.1. The summed E-state index contributed by atoms with van der Waals surface area (Å²) in [4.78, 5) is 110. The molecule has 0 aliphatic carbocycles. The van der Waals surface area contributed by atoms with Crippen molar-refractivity contribution >= 4 is 53.7 Å². The summed E-state index contributed by atoms with van der Waals surface area (Å²) in [6, 6.07) is 0. The van der Waals surface area contributed by atoms with Crippen molar-refractivity contribution in [2.45, 2.75) is 142 Å². The predicted octanol–water partition coefficient (Wildman–Crippen LogP) is -0.601. The molecular weight excluding hydrogens is 800 g/mol. The Labute approximate surface area is 337 Å². The molecule has 0 amide bonds. The van der Waals surface area contributed by atoms with Gasteiger partial charge in [0.05, 0.1) is 6.26 Å². The molecule has 0 spiro atoms. The number of carbonyl (C=O) groups is 9. The molecule has 3 aliphatic heterocycles. The molecular formula is C36H48O23. The van der Waals surface area contributed by atoms with E-state index >= 15 is 0 Å². The van der Waals surface area contributed by atoms with Crippen molar-refractivity contribution in [2.75, 3.05) is 19.8 Å². The first kappa shape index (κ1) is 48.0. The zero-order chi connectivity index (χ0) is 44.1. The van der Waals surface area contributed by atoms with Crippen LogP contribution in [0.25, 0.3) is 0 Å². The van der Waals surface area contributed by atoms with E-state index in [1.807, 2.05) is 0 Å². The molecule has 330 valence electrons. The Bertz CT molecular complexity index is 1590. The number of hydrogen-bond donors (Lipinski definition) is 0. The summed E-state index contributed by atoms with van der Waals surface area (Å²) in [7, 11) is 0. The highest BCUT2D eigenvalue weighted by Crippen LogP contribution is 2.37. The highest BCUT2D eigenvalue weighted by Gasteiger charge is 2.58. The van der Waals surface area contributed by atoms with Gasteiger partial charge in [0, 0.05) is 62.3 Å². The lowest BCUT2D eigenvalue weighted by Gasteiger charge is -2.49. The van der Waals surface area contributed by atoms with Crippen molar-refractivity contribution in [3.63, 3.8) is 0 Å². The lowest BCUT2D eigenvalue weighted by atomic mass is 9.95. The van der Waals surface area contributed by atoms with E-state index in [1.165, 1.54) is 12.3 Å². The van der Waals surface area contributed by atoms with Gasteiger partial charge >= 0.3 is 53.7 Å². The fourth-order valence-electron chi connectivity index (χ4n) is 6.16. The lowest BCUT2D eigenvalue weighted by Crippen LogP contribution is -2.67. The highest BCUT2D eigenvalue weighted by molar-refractivity contribution is 5.70. The molecule has 0 saturated carbocycles. The second-order valence-electron chi connectivity index (χ2n) is 13.1. The Kier molecular flexibility index (Phi) is 18.0. The molecule has 0 bridgehead atoms. The van der Waals surface area contributed by atoms with Gasteiger partial charge in [-0.1, -0.05) is 0 Å². The van der Waals surface area contributed by atoms with Gasteiger partial charge in [0.25, 0.3) is 0 Å². The van der Waals surface area contributed by atoms with Crippen molar-refractivity contribution in [3.05, 3.63) is 12.3 Å². The molecule has 23 heteroatoms. The summed E-state index contributed by atoms with van der Waals surface area (Å²) in [6.45, 7) is 7.62. The van der Waals surface area contributed by atoms with Crippen molar-refractivity contribution in [2.24, 2.45) is 0 Å². The van der Waals surface area contributed by atoms with E-state index in [0.29, 0.717) is 0 Å². The van der Waals surface area contributed by atoms with Gasteiger partial charge in [-0.15, -0.1) is 0 Å². The normalized spacial score (nSPS) is 31.2. The molecule has 0 aromatic heterocycles. The first-order chi connectivity index (χ1) is 27.7. The van der Waals surface area contributed by atoms with E-state index < -0.39 is 153 Å². The van der Waals surface area contributed by atoms with Crippen molar-refractivity contribution in [1.82, 2.24) is 0 Å². The third kappa shape index (κ3) is 14.7. The Balaban J connectivity index is 2.21. The third-order valence-electron chi connectivity index (χ3n) is 8.14. The van der Waals surface area contributed by atoms with E-state index in [-0.39, 0.29) is 0 Å². The first-order valence-corrected chi connectivity index (χ1v) is 18.0. The third-order valence-corrected chi connectivity index (χ3v) is 8.14. The summed E-state index contributed by atoms with van der Waals surface area (Å²) in [5.41, 5.74) is 0. The van der Waals surface area contributed by atoms with Crippen molar-refractivity contribution in [3.8, 4) is 0 Å². The molecule has 13 atom stereocenters. The molecule has 59 heavy (non-hydrogen) atoms.